The quantitative estimate of drug-likeness (QED) is 0.343. The predicted octanol–water partition coefficient (Wildman–Crippen LogP) is 3.02. The van der Waals surface area contributed by atoms with Gasteiger partial charge in [-0.15, -0.1) is 0 Å². The van der Waals surface area contributed by atoms with Crippen molar-refractivity contribution in [3.05, 3.63) is 46.2 Å². The van der Waals surface area contributed by atoms with Gasteiger partial charge in [0, 0.05) is 11.1 Å². The molecule has 3 rings (SSSR count). The average Bonchev–Trinajstić information content (AvgIpc) is 3.06. The van der Waals surface area contributed by atoms with Crippen molar-refractivity contribution in [2.75, 3.05) is 21.3 Å². The van der Waals surface area contributed by atoms with E-state index in [1.54, 1.807) is 30.3 Å². The molecule has 3 aromatic rings. The van der Waals surface area contributed by atoms with Crippen LogP contribution in [0.5, 0.6) is 17.2 Å². The van der Waals surface area contributed by atoms with E-state index in [1.807, 2.05) is 0 Å². The van der Waals surface area contributed by atoms with Gasteiger partial charge in [-0.2, -0.15) is 5.10 Å². The van der Waals surface area contributed by atoms with Gasteiger partial charge in [-0.25, -0.2) is 5.43 Å². The van der Waals surface area contributed by atoms with E-state index in [1.165, 1.54) is 27.5 Å². The first kappa shape index (κ1) is 18.5. The second-order valence-corrected chi connectivity index (χ2v) is 5.91. The zero-order valence-corrected chi connectivity index (χ0v) is 15.8. The number of nitrogens with zero attached hydrogens (tertiary/aromatic N) is 1. The Hall–Kier alpha value is -3.33. The number of aromatic amines is 2. The van der Waals surface area contributed by atoms with Crippen LogP contribution in [0.2, 0.25) is 0 Å². The van der Waals surface area contributed by atoms with Crippen LogP contribution in [0.1, 0.15) is 15.9 Å². The molecule has 0 aliphatic heterocycles. The molecule has 0 radical (unpaired) electrons. The predicted molar refractivity (Wildman–Crippen MR) is 105 cm³/mol. The van der Waals surface area contributed by atoms with Crippen molar-refractivity contribution in [2.45, 2.75) is 0 Å². The van der Waals surface area contributed by atoms with Crippen molar-refractivity contribution in [3.63, 3.8) is 0 Å². The molecule has 0 spiro atoms. The lowest BCUT2D eigenvalue weighted by Crippen LogP contribution is -2.17. The van der Waals surface area contributed by atoms with E-state index in [4.69, 9.17) is 26.4 Å². The van der Waals surface area contributed by atoms with E-state index >= 15 is 0 Å². The van der Waals surface area contributed by atoms with Gasteiger partial charge >= 0.3 is 0 Å². The Morgan fingerprint density at radius 1 is 1.04 bits per heavy atom. The minimum atomic E-state index is -0.346. The highest BCUT2D eigenvalue weighted by Crippen LogP contribution is 2.37. The van der Waals surface area contributed by atoms with Gasteiger partial charge in [0.25, 0.3) is 5.91 Å². The lowest BCUT2D eigenvalue weighted by atomic mass is 10.2. The maximum atomic E-state index is 12.3. The first-order valence-electron chi connectivity index (χ1n) is 7.91. The first-order chi connectivity index (χ1) is 13.0. The number of nitrogens with one attached hydrogen (secondary N) is 3. The lowest BCUT2D eigenvalue weighted by molar-refractivity contribution is 0.0955. The number of imidazole rings is 1. The van der Waals surface area contributed by atoms with Crippen LogP contribution < -0.4 is 19.6 Å². The molecule has 0 aliphatic rings. The number of hydrogen-bond acceptors (Lipinski definition) is 6. The highest BCUT2D eigenvalue weighted by molar-refractivity contribution is 7.71. The molecule has 0 saturated carbocycles. The molecule has 0 atom stereocenters. The fourth-order valence-corrected chi connectivity index (χ4v) is 2.80. The molecule has 0 aliphatic carbocycles. The number of H-pyrrole nitrogens is 2. The summed E-state index contributed by atoms with van der Waals surface area (Å²) in [5.41, 5.74) is 5.20. The number of hydrazone groups is 1. The summed E-state index contributed by atoms with van der Waals surface area (Å²) >= 11 is 5.04. The molecule has 0 bridgehead atoms. The van der Waals surface area contributed by atoms with E-state index in [-0.39, 0.29) is 5.91 Å². The molecule has 3 N–H and O–H groups in total. The van der Waals surface area contributed by atoms with E-state index in [2.05, 4.69) is 20.5 Å². The maximum Gasteiger partial charge on any atom is 0.271 e. The van der Waals surface area contributed by atoms with Gasteiger partial charge in [-0.3, -0.25) is 4.79 Å². The third-order valence-corrected chi connectivity index (χ3v) is 4.05. The molecule has 1 heterocycles. The van der Waals surface area contributed by atoms with Crippen molar-refractivity contribution in [2.24, 2.45) is 5.10 Å². The van der Waals surface area contributed by atoms with Gasteiger partial charge in [-0.1, -0.05) is 0 Å². The molecule has 1 amide bonds. The van der Waals surface area contributed by atoms with E-state index in [0.717, 1.165) is 11.0 Å². The average molecular weight is 386 g/mol. The molecular weight excluding hydrogens is 368 g/mol. The van der Waals surface area contributed by atoms with Crippen LogP contribution in [0.4, 0.5) is 0 Å². The summed E-state index contributed by atoms with van der Waals surface area (Å²) in [4.78, 5) is 18.2. The number of carbonyl (C=O) groups is 1. The Bertz CT molecular complexity index is 1050. The standard InChI is InChI=1S/C18H18N4O4S/c1-24-14-6-10(7-15(25-2)16(14)26-3)9-19-22-17(23)11-4-5-12-13(8-11)21-18(27)20-12/h4-9H,1-3H3,(H,22,23)(H2,20,21,27)/b19-9-. The van der Waals surface area contributed by atoms with Crippen molar-refractivity contribution in [1.29, 1.82) is 0 Å². The summed E-state index contributed by atoms with van der Waals surface area (Å²) in [6, 6.07) is 8.61. The van der Waals surface area contributed by atoms with Crippen LogP contribution in [0.3, 0.4) is 0 Å². The molecule has 140 valence electrons. The zero-order chi connectivity index (χ0) is 19.4. The third kappa shape index (κ3) is 3.93. The molecule has 27 heavy (non-hydrogen) atoms. The minimum Gasteiger partial charge on any atom is -0.493 e. The monoisotopic (exact) mass is 386 g/mol. The Labute approximate surface area is 160 Å². The Morgan fingerprint density at radius 2 is 1.70 bits per heavy atom. The number of carbonyl (C=O) groups excluding carboxylic acids is 1. The minimum absolute atomic E-state index is 0.346. The summed E-state index contributed by atoms with van der Waals surface area (Å²) in [7, 11) is 4.59. The largest absolute Gasteiger partial charge is 0.493 e. The summed E-state index contributed by atoms with van der Waals surface area (Å²) in [6.45, 7) is 0. The summed E-state index contributed by atoms with van der Waals surface area (Å²) in [6.07, 6.45) is 1.49. The Morgan fingerprint density at radius 3 is 2.33 bits per heavy atom. The lowest BCUT2D eigenvalue weighted by Gasteiger charge is -2.12. The molecule has 0 fully saturated rings. The van der Waals surface area contributed by atoms with Gasteiger partial charge in [0.15, 0.2) is 16.3 Å². The summed E-state index contributed by atoms with van der Waals surface area (Å²) < 4.78 is 16.4. The number of ether oxygens (including phenoxy) is 3. The molecule has 1 aromatic heterocycles. The van der Waals surface area contributed by atoms with Gasteiger partial charge in [0.1, 0.15) is 0 Å². The number of benzene rings is 2. The van der Waals surface area contributed by atoms with Gasteiger partial charge in [-0.05, 0) is 42.5 Å². The normalized spacial score (nSPS) is 10.9. The number of hydrogen-bond donors (Lipinski definition) is 3. The van der Waals surface area contributed by atoms with Gasteiger partial charge in [0.05, 0.1) is 38.6 Å². The van der Waals surface area contributed by atoms with Crippen molar-refractivity contribution in [3.8, 4) is 17.2 Å². The van der Waals surface area contributed by atoms with Crippen LogP contribution in [0.25, 0.3) is 11.0 Å². The molecule has 8 nitrogen and oxygen atoms in total. The molecule has 9 heteroatoms. The third-order valence-electron chi connectivity index (χ3n) is 3.84. The SMILES string of the molecule is COc1cc(/C=N\NC(=O)c2ccc3[nH]c(=S)[nH]c3c2)cc(OC)c1OC. The fraction of sp³-hybridized carbons (Fsp3) is 0.167. The first-order valence-corrected chi connectivity index (χ1v) is 8.32. The summed E-state index contributed by atoms with van der Waals surface area (Å²) in [5.74, 6) is 1.13. The van der Waals surface area contributed by atoms with Crippen LogP contribution in [0, 0.1) is 4.77 Å². The number of aromatic nitrogens is 2. The number of amides is 1. The smallest absolute Gasteiger partial charge is 0.271 e. The second kappa shape index (κ2) is 7.92. The zero-order valence-electron chi connectivity index (χ0n) is 15.0. The van der Waals surface area contributed by atoms with E-state index < -0.39 is 0 Å². The van der Waals surface area contributed by atoms with Crippen molar-refractivity contribution >= 4 is 35.4 Å². The van der Waals surface area contributed by atoms with Crippen molar-refractivity contribution < 1.29 is 19.0 Å². The number of rotatable bonds is 6. The number of fused-ring (bicyclic) bond motifs is 1. The van der Waals surface area contributed by atoms with E-state index in [9.17, 15) is 4.79 Å². The molecule has 0 saturated heterocycles. The topological polar surface area (TPSA) is 101 Å². The van der Waals surface area contributed by atoms with E-state index in [0.29, 0.717) is 33.1 Å². The summed E-state index contributed by atoms with van der Waals surface area (Å²) in [5, 5.41) is 3.99. The molecular formula is C18H18N4O4S. The highest BCUT2D eigenvalue weighted by Gasteiger charge is 2.12. The fourth-order valence-electron chi connectivity index (χ4n) is 2.58. The van der Waals surface area contributed by atoms with Gasteiger partial charge < -0.3 is 24.2 Å². The van der Waals surface area contributed by atoms with Crippen molar-refractivity contribution in [1.82, 2.24) is 15.4 Å². The number of methoxy groups -OCH3 is 3. The van der Waals surface area contributed by atoms with Crippen LogP contribution in [-0.2, 0) is 0 Å². The molecule has 2 aromatic carbocycles. The van der Waals surface area contributed by atoms with Crippen LogP contribution >= 0.6 is 12.2 Å². The second-order valence-electron chi connectivity index (χ2n) is 5.50. The Balaban J connectivity index is 1.77. The maximum absolute atomic E-state index is 12.3. The van der Waals surface area contributed by atoms with Crippen LogP contribution in [0.15, 0.2) is 35.4 Å². The van der Waals surface area contributed by atoms with Crippen LogP contribution in [-0.4, -0.2) is 43.4 Å². The highest BCUT2D eigenvalue weighted by atomic mass is 32.1. The Kier molecular flexibility index (Phi) is 5.41. The molecule has 0 unspecified atom stereocenters. The van der Waals surface area contributed by atoms with Gasteiger partial charge in [0.2, 0.25) is 5.75 Å².